The molecule has 3 aromatic carbocycles. The number of hydrogen-bond donors (Lipinski definition) is 0. The number of nitrogens with zero attached hydrogens (tertiary/aromatic N) is 3. The summed E-state index contributed by atoms with van der Waals surface area (Å²) >= 11 is 3.05. The van der Waals surface area contributed by atoms with Crippen molar-refractivity contribution in [3.8, 4) is 22.1 Å². The molecule has 1 aliphatic heterocycles. The lowest BCUT2D eigenvalue weighted by molar-refractivity contribution is -0.137. The van der Waals surface area contributed by atoms with Crippen LogP contribution in [0.25, 0.3) is 10.6 Å². The zero-order valence-electron chi connectivity index (χ0n) is 23.5. The van der Waals surface area contributed by atoms with Crippen LogP contribution in [-0.2, 0) is 28.6 Å². The summed E-state index contributed by atoms with van der Waals surface area (Å²) in [5.74, 6) is 1.66. The van der Waals surface area contributed by atoms with Gasteiger partial charge in [-0.15, -0.1) is 23.1 Å². The lowest BCUT2D eigenvalue weighted by atomic mass is 10.1. The van der Waals surface area contributed by atoms with Crippen molar-refractivity contribution in [3.05, 3.63) is 88.9 Å². The second-order valence-corrected chi connectivity index (χ2v) is 13.7. The first kappa shape index (κ1) is 31.2. The molecule has 0 unspecified atom stereocenters. The number of piperazine rings is 1. The van der Waals surface area contributed by atoms with Crippen LogP contribution in [0.2, 0.25) is 0 Å². The molecule has 0 saturated carbocycles. The Hall–Kier alpha value is -3.26. The van der Waals surface area contributed by atoms with E-state index in [4.69, 9.17) is 13.9 Å². The Morgan fingerprint density at radius 1 is 0.907 bits per heavy atom. The fourth-order valence-corrected chi connectivity index (χ4v) is 7.17. The normalized spacial score (nSPS) is 14.6. The molecule has 1 fully saturated rings. The molecule has 0 bridgehead atoms. The van der Waals surface area contributed by atoms with Crippen LogP contribution in [0, 0.1) is 0 Å². The van der Waals surface area contributed by atoms with Gasteiger partial charge in [-0.25, -0.2) is 4.98 Å². The minimum absolute atomic E-state index is 0.240. The molecule has 7 nitrogen and oxygen atoms in total. The molecule has 0 aliphatic carbocycles. The first-order chi connectivity index (χ1) is 20.5. The van der Waals surface area contributed by atoms with Crippen molar-refractivity contribution < 1.29 is 30.5 Å². The topological polar surface area (TPSA) is 72.0 Å². The van der Waals surface area contributed by atoms with E-state index in [0.717, 1.165) is 71.5 Å². The van der Waals surface area contributed by atoms with Crippen LogP contribution in [0.3, 0.4) is 0 Å². The molecule has 0 spiro atoms. The van der Waals surface area contributed by atoms with E-state index in [1.54, 1.807) is 43.1 Å². The van der Waals surface area contributed by atoms with Gasteiger partial charge in [0.1, 0.15) is 16.5 Å². The van der Waals surface area contributed by atoms with Gasteiger partial charge >= 0.3 is 16.3 Å². The first-order valence-corrected chi connectivity index (χ1v) is 17.0. The molecule has 43 heavy (non-hydrogen) atoms. The van der Waals surface area contributed by atoms with Crippen LogP contribution in [0.1, 0.15) is 16.1 Å². The second-order valence-electron chi connectivity index (χ2n) is 9.97. The highest BCUT2D eigenvalue weighted by Crippen LogP contribution is 2.36. The van der Waals surface area contributed by atoms with Crippen molar-refractivity contribution in [2.24, 2.45) is 0 Å². The minimum Gasteiger partial charge on any atom is -0.497 e. The van der Waals surface area contributed by atoms with Crippen LogP contribution in [0.15, 0.2) is 77.7 Å². The zero-order chi connectivity index (χ0) is 30.6. The number of hydrogen-bond acceptors (Lipinski definition) is 9. The van der Waals surface area contributed by atoms with E-state index >= 15 is 0 Å². The number of benzene rings is 3. The Morgan fingerprint density at radius 2 is 1.53 bits per heavy atom. The molecule has 0 N–H and O–H groups in total. The molecular weight excluding hydrogens is 620 g/mol. The highest BCUT2D eigenvalue weighted by Gasteiger charge is 2.30. The Balaban J connectivity index is 1.30. The quantitative estimate of drug-likeness (QED) is 0.137. The largest absolute Gasteiger partial charge is 0.497 e. The van der Waals surface area contributed by atoms with Crippen LogP contribution in [0.4, 0.5) is 18.9 Å². The van der Waals surface area contributed by atoms with Crippen molar-refractivity contribution in [1.82, 2.24) is 9.88 Å². The van der Waals surface area contributed by atoms with Gasteiger partial charge in [0, 0.05) is 59.5 Å². The molecule has 5 rings (SSSR count). The van der Waals surface area contributed by atoms with Gasteiger partial charge in [0.2, 0.25) is 0 Å². The van der Waals surface area contributed by atoms with E-state index in [9.17, 15) is 21.6 Å². The molecule has 1 saturated heterocycles. The number of thiazole rings is 1. The summed E-state index contributed by atoms with van der Waals surface area (Å²) in [6, 6.07) is 19.9. The van der Waals surface area contributed by atoms with Crippen molar-refractivity contribution in [2.45, 2.75) is 23.4 Å². The lowest BCUT2D eigenvalue weighted by Gasteiger charge is -2.36. The highest BCUT2D eigenvalue weighted by atomic mass is 32.2. The third-order valence-electron chi connectivity index (χ3n) is 6.86. The number of alkyl halides is 3. The number of aromatic nitrogens is 1. The molecule has 0 radical (unpaired) electrons. The summed E-state index contributed by atoms with van der Waals surface area (Å²) in [6.45, 7) is 4.02. The fraction of sp³-hybridized carbons (Fsp3) is 0.300. The van der Waals surface area contributed by atoms with Gasteiger partial charge in [-0.2, -0.15) is 21.6 Å². The molecule has 4 aromatic rings. The molecule has 228 valence electrons. The van der Waals surface area contributed by atoms with Crippen molar-refractivity contribution in [2.75, 3.05) is 44.4 Å². The molecule has 0 amide bonds. The molecule has 1 aliphatic rings. The summed E-state index contributed by atoms with van der Waals surface area (Å²) < 4.78 is 72.3. The summed E-state index contributed by atoms with van der Waals surface area (Å²) in [5, 5.41) is 0.674. The van der Waals surface area contributed by atoms with Crippen LogP contribution >= 0.6 is 23.1 Å². The predicted octanol–water partition coefficient (Wildman–Crippen LogP) is 6.79. The number of halogens is 3. The Kier molecular flexibility index (Phi) is 9.54. The third kappa shape index (κ3) is 8.43. The van der Waals surface area contributed by atoms with E-state index in [1.165, 1.54) is 23.5 Å². The summed E-state index contributed by atoms with van der Waals surface area (Å²) in [5.41, 5.74) is 2.00. The summed E-state index contributed by atoms with van der Waals surface area (Å²) in [4.78, 5) is 11.5. The first-order valence-electron chi connectivity index (χ1n) is 13.4. The number of anilines is 1. The van der Waals surface area contributed by atoms with Gasteiger partial charge in [0.15, 0.2) is 0 Å². The SMILES string of the molecule is COc1ccc(N2CCN(Cc3nc(-c4ccc(C(F)(F)F)cc4)sc3CSc3ccc(OS(C)(=O)=O)cc3)CC2)cc1. The maximum atomic E-state index is 13.1. The van der Waals surface area contributed by atoms with Crippen LogP contribution in [0.5, 0.6) is 11.5 Å². The van der Waals surface area contributed by atoms with E-state index in [1.807, 2.05) is 12.1 Å². The smallest absolute Gasteiger partial charge is 0.416 e. The standard InChI is InChI=1S/C30H30F3N3O4S3/c1-39-24-9-7-23(8-10-24)36-17-15-35(16-18-36)19-27-28(20-41-26-13-11-25(12-14-26)40-43(2,37)38)42-29(34-27)21-3-5-22(6-4-21)30(31,32)33/h3-14H,15-20H2,1-2H3. The highest BCUT2D eigenvalue weighted by molar-refractivity contribution is 7.98. The van der Waals surface area contributed by atoms with E-state index < -0.39 is 21.9 Å². The lowest BCUT2D eigenvalue weighted by Crippen LogP contribution is -2.46. The average molecular weight is 650 g/mol. The molecule has 1 aromatic heterocycles. The Bertz CT molecular complexity index is 1620. The van der Waals surface area contributed by atoms with Gasteiger partial charge in [0.05, 0.1) is 24.6 Å². The summed E-state index contributed by atoms with van der Waals surface area (Å²) in [6.07, 6.45) is -3.40. The van der Waals surface area contributed by atoms with E-state index in [0.29, 0.717) is 22.9 Å². The Labute approximate surface area is 257 Å². The van der Waals surface area contributed by atoms with Gasteiger partial charge < -0.3 is 13.8 Å². The maximum Gasteiger partial charge on any atom is 0.416 e. The fourth-order valence-electron chi connectivity index (χ4n) is 4.63. The van der Waals surface area contributed by atoms with E-state index in [-0.39, 0.29) is 5.75 Å². The average Bonchev–Trinajstić information content (AvgIpc) is 3.38. The van der Waals surface area contributed by atoms with Crippen LogP contribution < -0.4 is 13.8 Å². The number of ether oxygens (including phenoxy) is 1. The van der Waals surface area contributed by atoms with E-state index in [2.05, 4.69) is 21.9 Å². The van der Waals surface area contributed by atoms with Crippen molar-refractivity contribution in [3.63, 3.8) is 0 Å². The van der Waals surface area contributed by atoms with Gasteiger partial charge in [-0.05, 0) is 60.7 Å². The molecular formula is C30H30F3N3O4S3. The summed E-state index contributed by atoms with van der Waals surface area (Å²) in [7, 11) is -1.96. The van der Waals surface area contributed by atoms with Gasteiger partial charge in [-0.1, -0.05) is 12.1 Å². The predicted molar refractivity (Wildman–Crippen MR) is 165 cm³/mol. The molecule has 13 heteroatoms. The van der Waals surface area contributed by atoms with Crippen molar-refractivity contribution >= 4 is 38.9 Å². The number of methoxy groups -OCH3 is 1. The van der Waals surface area contributed by atoms with Gasteiger partial charge in [0.25, 0.3) is 0 Å². The number of thioether (sulfide) groups is 1. The minimum atomic E-state index is -4.40. The second kappa shape index (κ2) is 13.2. The zero-order valence-corrected chi connectivity index (χ0v) is 26.0. The van der Waals surface area contributed by atoms with Gasteiger partial charge in [-0.3, -0.25) is 4.90 Å². The monoisotopic (exact) mass is 649 g/mol. The molecule has 0 atom stereocenters. The van der Waals surface area contributed by atoms with Crippen LogP contribution in [-0.4, -0.2) is 57.8 Å². The third-order valence-corrected chi connectivity index (χ3v) is 9.73. The number of rotatable bonds is 10. The molecule has 2 heterocycles. The van der Waals surface area contributed by atoms with Crippen molar-refractivity contribution in [1.29, 1.82) is 0 Å². The maximum absolute atomic E-state index is 13.1. The Morgan fingerprint density at radius 3 is 2.12 bits per heavy atom.